The van der Waals surface area contributed by atoms with Gasteiger partial charge in [0.05, 0.1) is 29.5 Å². The molecule has 0 spiro atoms. The summed E-state index contributed by atoms with van der Waals surface area (Å²) in [5.74, 6) is 0.257. The maximum absolute atomic E-state index is 10.4. The molecule has 0 atom stereocenters. The molecule has 15 heavy (non-hydrogen) atoms. The Labute approximate surface area is 116 Å². The topological polar surface area (TPSA) is 78.9 Å². The molecule has 6 nitrogen and oxygen atoms in total. The third-order valence-electron chi connectivity index (χ3n) is 1.89. The van der Waals surface area contributed by atoms with Crippen LogP contribution in [-0.4, -0.2) is 28.5 Å². The predicted octanol–water partition coefficient (Wildman–Crippen LogP) is -4.53. The van der Waals surface area contributed by atoms with Gasteiger partial charge in [-0.25, -0.2) is 8.42 Å². The summed E-state index contributed by atoms with van der Waals surface area (Å²) in [6, 6.07) is 0. The molecule has 1 heterocycles. The van der Waals surface area contributed by atoms with Crippen LogP contribution in [0.1, 0.15) is 5.82 Å². The van der Waals surface area contributed by atoms with Gasteiger partial charge in [-0.1, -0.05) is 0 Å². The van der Waals surface area contributed by atoms with Gasteiger partial charge in [-0.15, -0.1) is 4.68 Å². The summed E-state index contributed by atoms with van der Waals surface area (Å²) in [6.45, 7) is 1.81. The molecule has 0 aromatic carbocycles. The Morgan fingerprint density at radius 1 is 1.60 bits per heavy atom. The van der Waals surface area contributed by atoms with E-state index in [4.69, 9.17) is 12.6 Å². The van der Waals surface area contributed by atoms with E-state index in [2.05, 4.69) is 5.10 Å². The fourth-order valence-corrected chi connectivity index (χ4v) is 1.78. The van der Waals surface area contributed by atoms with E-state index < -0.39 is 15.9 Å². The number of hydrogen-bond acceptors (Lipinski definition) is 5. The zero-order valence-electron chi connectivity index (χ0n) is 8.80. The summed E-state index contributed by atoms with van der Waals surface area (Å²) in [5, 5.41) is 4.19. The predicted molar refractivity (Wildman–Crippen MR) is 48.3 cm³/mol. The van der Waals surface area contributed by atoms with E-state index >= 15 is 0 Å². The molecule has 1 aromatic rings. The van der Waals surface area contributed by atoms with Crippen molar-refractivity contribution in [1.82, 2.24) is 9.78 Å². The van der Waals surface area contributed by atoms with Crippen LogP contribution < -0.4 is 34.1 Å². The van der Waals surface area contributed by atoms with Gasteiger partial charge >= 0.3 is 29.6 Å². The van der Waals surface area contributed by atoms with Gasteiger partial charge < -0.3 is 17.2 Å². The number of aryl methyl sites for hydroxylation is 1. The molecule has 9 heteroatoms. The van der Waals surface area contributed by atoms with E-state index in [1.54, 1.807) is 18.7 Å². The summed E-state index contributed by atoms with van der Waals surface area (Å²) in [5.41, 5.74) is 0. The Morgan fingerprint density at radius 2 is 2.13 bits per heavy atom. The number of hydrogen-bond donors (Lipinski definition) is 0. The van der Waals surface area contributed by atoms with Crippen molar-refractivity contribution in [3.8, 4) is 0 Å². The Hall–Kier alpha value is 0.270. The molecule has 0 saturated heterocycles. The van der Waals surface area contributed by atoms with Crippen LogP contribution in [0.3, 0.4) is 0 Å². The standard InChI is InChI=1S/C6H11N3O3S2.Na/c1-5-8(2)7-6(13)9(5)3-4-14(10,11)12;/h3-4H2,1-2H3,(H-,7,10,11,12,13);/q;+1/p-1. The van der Waals surface area contributed by atoms with Gasteiger partial charge in [0.1, 0.15) is 0 Å². The van der Waals surface area contributed by atoms with Crippen molar-refractivity contribution in [2.45, 2.75) is 18.6 Å². The first-order chi connectivity index (χ1) is 6.31. The third-order valence-corrected chi connectivity index (χ3v) is 2.87. The fraction of sp³-hybridized carbons (Fsp3) is 0.667. The summed E-state index contributed by atoms with van der Waals surface area (Å²) in [7, 11) is -2.50. The Morgan fingerprint density at radius 3 is 2.47 bits per heavy atom. The van der Waals surface area contributed by atoms with Gasteiger partial charge in [0.25, 0.3) is 0 Å². The molecule has 0 saturated carbocycles. The summed E-state index contributed by atoms with van der Waals surface area (Å²) >= 11 is 4.88. The van der Waals surface area contributed by atoms with E-state index in [0.717, 1.165) is 5.82 Å². The smallest absolute Gasteiger partial charge is 0.748 e. The molecule has 0 bridgehead atoms. The average molecular weight is 259 g/mol. The normalized spacial score (nSPS) is 11.1. The molecular weight excluding hydrogens is 249 g/mol. The molecular formula is C6H10N3NaO3S2. The minimum Gasteiger partial charge on any atom is -0.748 e. The molecule has 0 amide bonds. The zero-order chi connectivity index (χ0) is 10.9. The minimum absolute atomic E-state index is 0. The maximum Gasteiger partial charge on any atom is 1.00 e. The van der Waals surface area contributed by atoms with Crippen LogP contribution in [0.5, 0.6) is 0 Å². The van der Waals surface area contributed by atoms with Crippen LogP contribution in [0.4, 0.5) is 0 Å². The molecule has 0 N–H and O–H groups in total. The van der Waals surface area contributed by atoms with Gasteiger partial charge in [-0.05, 0) is 0 Å². The molecule has 0 fully saturated rings. The fourth-order valence-electron chi connectivity index (χ4n) is 1.03. The van der Waals surface area contributed by atoms with E-state index in [1.807, 2.05) is 0 Å². The molecule has 0 aliphatic heterocycles. The molecule has 0 radical (unpaired) electrons. The first-order valence-electron chi connectivity index (χ1n) is 3.85. The van der Waals surface area contributed by atoms with Crippen LogP contribution in [0, 0.1) is 6.92 Å². The number of rotatable bonds is 3. The SMILES string of the molecule is Cc1n(C)nc([S-])[n+]1CCS(=O)(=O)[O-].[Na+]. The largest absolute Gasteiger partial charge is 1.00 e. The third kappa shape index (κ3) is 4.33. The number of aromatic nitrogens is 3. The van der Waals surface area contributed by atoms with Gasteiger partial charge in [0, 0.05) is 12.0 Å². The Bertz CT molecular complexity index is 443. The van der Waals surface area contributed by atoms with E-state index in [9.17, 15) is 13.0 Å². The first kappa shape index (κ1) is 15.3. The van der Waals surface area contributed by atoms with Crippen LogP contribution >= 0.6 is 0 Å². The van der Waals surface area contributed by atoms with Gasteiger partial charge in [-0.2, -0.15) is 0 Å². The van der Waals surface area contributed by atoms with Crippen molar-refractivity contribution in [3.63, 3.8) is 0 Å². The summed E-state index contributed by atoms with van der Waals surface area (Å²) < 4.78 is 34.3. The summed E-state index contributed by atoms with van der Waals surface area (Å²) in [6.07, 6.45) is 0. The quantitative estimate of drug-likeness (QED) is 0.236. The second-order valence-corrected chi connectivity index (χ2v) is 4.76. The second kappa shape index (κ2) is 5.55. The Kier molecular flexibility index (Phi) is 5.65. The Balaban J connectivity index is 0.00000196. The van der Waals surface area contributed by atoms with Crippen molar-refractivity contribution in [2.75, 3.05) is 5.75 Å². The first-order valence-corrected chi connectivity index (χ1v) is 5.84. The minimum atomic E-state index is -4.20. The van der Waals surface area contributed by atoms with Crippen LogP contribution in [0.15, 0.2) is 5.16 Å². The van der Waals surface area contributed by atoms with Crippen molar-refractivity contribution in [2.24, 2.45) is 7.05 Å². The van der Waals surface area contributed by atoms with Crippen molar-refractivity contribution < 1.29 is 47.1 Å². The molecule has 0 aliphatic carbocycles. The van der Waals surface area contributed by atoms with Gasteiger partial charge in [-0.3, -0.25) is 4.57 Å². The van der Waals surface area contributed by atoms with Crippen LogP contribution in [-0.2, 0) is 36.3 Å². The van der Waals surface area contributed by atoms with Crippen molar-refractivity contribution in [1.29, 1.82) is 0 Å². The summed E-state index contributed by atoms with van der Waals surface area (Å²) in [4.78, 5) is 0. The van der Waals surface area contributed by atoms with Crippen molar-refractivity contribution in [3.05, 3.63) is 5.82 Å². The van der Waals surface area contributed by atoms with Crippen molar-refractivity contribution >= 4 is 22.7 Å². The molecule has 1 aromatic heterocycles. The average Bonchev–Trinajstić information content (AvgIpc) is 2.23. The maximum atomic E-state index is 10.4. The van der Waals surface area contributed by atoms with E-state index in [1.165, 1.54) is 4.57 Å². The van der Waals surface area contributed by atoms with Crippen LogP contribution in [0.25, 0.3) is 0 Å². The van der Waals surface area contributed by atoms with Crippen LogP contribution in [0.2, 0.25) is 0 Å². The molecule has 80 valence electrons. The van der Waals surface area contributed by atoms with Gasteiger partial charge in [0.2, 0.25) is 5.82 Å². The molecule has 1 rings (SSSR count). The molecule has 0 unspecified atom stereocenters. The second-order valence-electron chi connectivity index (χ2n) is 2.87. The van der Waals surface area contributed by atoms with E-state index in [0.29, 0.717) is 0 Å². The number of nitrogens with zero attached hydrogens (tertiary/aromatic N) is 3. The zero-order valence-corrected chi connectivity index (χ0v) is 12.4. The van der Waals surface area contributed by atoms with E-state index in [-0.39, 0.29) is 41.3 Å². The molecule has 0 aliphatic rings. The van der Waals surface area contributed by atoms with Gasteiger partial charge in [0.15, 0.2) is 5.16 Å². The monoisotopic (exact) mass is 259 g/mol.